The molecule has 0 aromatic rings. The molecule has 0 rings (SSSR count). The summed E-state index contributed by atoms with van der Waals surface area (Å²) in [4.78, 5) is 22.0. The second-order valence-electron chi connectivity index (χ2n) is 2.80. The molecule has 1 unspecified atom stereocenters. The molecular weight excluding hydrogens is 176 g/mol. The Morgan fingerprint density at radius 3 is 2.23 bits per heavy atom. The van der Waals surface area contributed by atoms with E-state index in [0.717, 1.165) is 0 Å². The first-order chi connectivity index (χ1) is 5.97. The second-order valence-corrected chi connectivity index (χ2v) is 2.80. The van der Waals surface area contributed by atoms with E-state index in [1.165, 1.54) is 11.9 Å². The van der Waals surface area contributed by atoms with E-state index in [4.69, 9.17) is 15.9 Å². The summed E-state index contributed by atoms with van der Waals surface area (Å²) in [5.74, 6) is -1.97. The minimum atomic E-state index is -0.994. The molecule has 76 valence electrons. The average molecular weight is 190 g/mol. The molecule has 0 spiro atoms. The Hall–Kier alpha value is -1.14. The summed E-state index contributed by atoms with van der Waals surface area (Å²) in [6, 6.07) is -0.423. The zero-order valence-corrected chi connectivity index (χ0v) is 7.43. The molecule has 13 heavy (non-hydrogen) atoms. The maximum absolute atomic E-state index is 10.3. The predicted octanol–water partition coefficient (Wildman–Crippen LogP) is -1.20. The summed E-state index contributed by atoms with van der Waals surface area (Å²) in [7, 11) is 1.54. The van der Waals surface area contributed by atoms with Gasteiger partial charge in [0.2, 0.25) is 0 Å². The minimum Gasteiger partial charge on any atom is -0.481 e. The molecule has 1 atom stereocenters. The topological polar surface area (TPSA) is 104 Å². The van der Waals surface area contributed by atoms with Crippen LogP contribution in [-0.2, 0) is 9.59 Å². The van der Waals surface area contributed by atoms with Crippen LogP contribution >= 0.6 is 0 Å². The van der Waals surface area contributed by atoms with Crippen LogP contribution in [0.2, 0.25) is 0 Å². The summed E-state index contributed by atoms with van der Waals surface area (Å²) < 4.78 is 0. The fraction of sp³-hybridized carbons (Fsp3) is 0.714. The van der Waals surface area contributed by atoms with E-state index in [1.54, 1.807) is 0 Å². The van der Waals surface area contributed by atoms with Crippen LogP contribution in [0.25, 0.3) is 0 Å². The summed E-state index contributed by atoms with van der Waals surface area (Å²) in [5.41, 5.74) is 5.30. The molecule has 0 aliphatic rings. The van der Waals surface area contributed by atoms with Crippen LogP contribution < -0.4 is 5.73 Å². The lowest BCUT2D eigenvalue weighted by Gasteiger charge is -2.23. The Bertz CT molecular complexity index is 195. The van der Waals surface area contributed by atoms with Crippen LogP contribution in [-0.4, -0.2) is 53.2 Å². The van der Waals surface area contributed by atoms with E-state index < -0.39 is 18.0 Å². The second kappa shape index (κ2) is 5.50. The molecular formula is C7H14N2O4. The first-order valence-electron chi connectivity index (χ1n) is 3.81. The molecule has 0 aromatic heterocycles. The number of nitrogens with two attached hydrogens (primary N) is 1. The lowest BCUT2D eigenvalue weighted by molar-refractivity contribution is -0.142. The SMILES string of the molecule is CN(CC(=O)O)C(CN)CC(=O)O. The van der Waals surface area contributed by atoms with Crippen LogP contribution in [0.5, 0.6) is 0 Å². The lowest BCUT2D eigenvalue weighted by atomic mass is 10.2. The van der Waals surface area contributed by atoms with Gasteiger partial charge in [0.15, 0.2) is 0 Å². The van der Waals surface area contributed by atoms with Crippen LogP contribution in [0, 0.1) is 0 Å². The molecule has 0 bridgehead atoms. The highest BCUT2D eigenvalue weighted by molar-refractivity contribution is 5.70. The number of hydrogen-bond acceptors (Lipinski definition) is 4. The third kappa shape index (κ3) is 5.15. The molecule has 6 heteroatoms. The van der Waals surface area contributed by atoms with E-state index in [-0.39, 0.29) is 19.5 Å². The third-order valence-electron chi connectivity index (χ3n) is 1.69. The highest BCUT2D eigenvalue weighted by Crippen LogP contribution is 1.99. The number of aliphatic carboxylic acids is 2. The molecule has 0 aliphatic carbocycles. The quantitative estimate of drug-likeness (QED) is 0.486. The Labute approximate surface area is 75.9 Å². The van der Waals surface area contributed by atoms with Crippen molar-refractivity contribution >= 4 is 11.9 Å². The van der Waals surface area contributed by atoms with Gasteiger partial charge in [-0.3, -0.25) is 14.5 Å². The Morgan fingerprint density at radius 1 is 1.38 bits per heavy atom. The highest BCUT2D eigenvalue weighted by Gasteiger charge is 2.18. The van der Waals surface area contributed by atoms with Gasteiger partial charge in [-0.1, -0.05) is 0 Å². The van der Waals surface area contributed by atoms with Crippen molar-refractivity contribution in [2.24, 2.45) is 5.73 Å². The number of hydrogen-bond donors (Lipinski definition) is 3. The van der Waals surface area contributed by atoms with Gasteiger partial charge in [-0.25, -0.2) is 0 Å². The lowest BCUT2D eigenvalue weighted by Crippen LogP contribution is -2.42. The smallest absolute Gasteiger partial charge is 0.317 e. The molecule has 0 fully saturated rings. The number of carboxylic acids is 2. The van der Waals surface area contributed by atoms with E-state index in [0.29, 0.717) is 0 Å². The maximum Gasteiger partial charge on any atom is 0.317 e. The van der Waals surface area contributed by atoms with Gasteiger partial charge in [0.25, 0.3) is 0 Å². The van der Waals surface area contributed by atoms with Crippen molar-refractivity contribution in [3.05, 3.63) is 0 Å². The van der Waals surface area contributed by atoms with E-state index >= 15 is 0 Å². The monoisotopic (exact) mass is 190 g/mol. The number of carboxylic acid groups (broad SMARTS) is 2. The van der Waals surface area contributed by atoms with Crippen molar-refractivity contribution in [2.75, 3.05) is 20.1 Å². The van der Waals surface area contributed by atoms with Gasteiger partial charge in [0.1, 0.15) is 0 Å². The molecule has 0 saturated carbocycles. The number of nitrogens with zero attached hydrogens (tertiary/aromatic N) is 1. The largest absolute Gasteiger partial charge is 0.481 e. The van der Waals surface area contributed by atoms with Crippen LogP contribution in [0.3, 0.4) is 0 Å². The molecule has 6 nitrogen and oxygen atoms in total. The Kier molecular flexibility index (Phi) is 5.01. The van der Waals surface area contributed by atoms with Gasteiger partial charge >= 0.3 is 11.9 Å². The van der Waals surface area contributed by atoms with Gasteiger partial charge in [-0.15, -0.1) is 0 Å². The maximum atomic E-state index is 10.3. The summed E-state index contributed by atoms with van der Waals surface area (Å²) >= 11 is 0. The zero-order chi connectivity index (χ0) is 10.4. The van der Waals surface area contributed by atoms with Crippen molar-refractivity contribution < 1.29 is 19.8 Å². The predicted molar refractivity (Wildman–Crippen MR) is 45.4 cm³/mol. The Balaban J connectivity index is 4.06. The molecule has 0 aromatic carbocycles. The van der Waals surface area contributed by atoms with Gasteiger partial charge in [0, 0.05) is 12.6 Å². The normalized spacial score (nSPS) is 12.8. The van der Waals surface area contributed by atoms with Crippen molar-refractivity contribution in [1.82, 2.24) is 4.90 Å². The third-order valence-corrected chi connectivity index (χ3v) is 1.69. The van der Waals surface area contributed by atoms with Crippen molar-refractivity contribution in [1.29, 1.82) is 0 Å². The molecule has 0 amide bonds. The van der Waals surface area contributed by atoms with Crippen LogP contribution in [0.1, 0.15) is 6.42 Å². The van der Waals surface area contributed by atoms with Crippen molar-refractivity contribution in [2.45, 2.75) is 12.5 Å². The standard InChI is InChI=1S/C7H14N2O4/c1-9(4-7(12)13)5(3-8)2-6(10)11/h5H,2-4,8H2,1H3,(H,10,11)(H,12,13). The highest BCUT2D eigenvalue weighted by atomic mass is 16.4. The molecule has 0 aliphatic heterocycles. The number of rotatable bonds is 6. The zero-order valence-electron chi connectivity index (χ0n) is 7.43. The van der Waals surface area contributed by atoms with Gasteiger partial charge in [0.05, 0.1) is 13.0 Å². The number of carbonyl (C=O) groups is 2. The summed E-state index contributed by atoms with van der Waals surface area (Å²) in [6.07, 6.45) is -0.139. The first kappa shape index (κ1) is 11.9. The average Bonchev–Trinajstić information content (AvgIpc) is 1.98. The summed E-state index contributed by atoms with van der Waals surface area (Å²) in [6.45, 7) is -0.0643. The summed E-state index contributed by atoms with van der Waals surface area (Å²) in [5, 5.41) is 16.9. The molecule has 0 heterocycles. The van der Waals surface area contributed by atoms with Crippen molar-refractivity contribution in [3.8, 4) is 0 Å². The fourth-order valence-electron chi connectivity index (χ4n) is 0.963. The van der Waals surface area contributed by atoms with E-state index in [1.807, 2.05) is 0 Å². The van der Waals surface area contributed by atoms with E-state index in [9.17, 15) is 9.59 Å². The van der Waals surface area contributed by atoms with Gasteiger partial charge in [-0.05, 0) is 7.05 Å². The minimum absolute atomic E-state index is 0.135. The number of likely N-dealkylation sites (N-methyl/N-ethyl adjacent to an activating group) is 1. The molecule has 4 N–H and O–H groups in total. The Morgan fingerprint density at radius 2 is 1.92 bits per heavy atom. The van der Waals surface area contributed by atoms with Crippen LogP contribution in [0.4, 0.5) is 0 Å². The van der Waals surface area contributed by atoms with Gasteiger partial charge in [-0.2, -0.15) is 0 Å². The molecule has 0 saturated heterocycles. The fourth-order valence-corrected chi connectivity index (χ4v) is 0.963. The van der Waals surface area contributed by atoms with Crippen LogP contribution in [0.15, 0.2) is 0 Å². The molecule has 0 radical (unpaired) electrons. The van der Waals surface area contributed by atoms with Crippen molar-refractivity contribution in [3.63, 3.8) is 0 Å². The van der Waals surface area contributed by atoms with Gasteiger partial charge < -0.3 is 15.9 Å². The van der Waals surface area contributed by atoms with E-state index in [2.05, 4.69) is 0 Å². The first-order valence-corrected chi connectivity index (χ1v) is 3.81.